The Hall–Kier alpha value is -2.24. The van der Waals surface area contributed by atoms with E-state index in [1.807, 2.05) is 0 Å². The molecule has 6 heteroatoms. The van der Waals surface area contributed by atoms with Gasteiger partial charge in [-0.1, -0.05) is 0 Å². The molecular formula is C13H12F2N2O2. The molecule has 0 unspecified atom stereocenters. The number of halogens is 2. The van der Waals surface area contributed by atoms with Crippen molar-refractivity contribution < 1.29 is 18.7 Å². The molecule has 2 rings (SSSR count). The van der Waals surface area contributed by atoms with Crippen LogP contribution in [-0.2, 0) is 11.3 Å². The second-order valence-electron chi connectivity index (χ2n) is 4.22. The molecule has 4 nitrogen and oxygen atoms in total. The van der Waals surface area contributed by atoms with Gasteiger partial charge in [0.2, 0.25) is 0 Å². The monoisotopic (exact) mass is 266 g/mol. The maximum Gasteiger partial charge on any atom is 0.325 e. The lowest BCUT2D eigenvalue weighted by atomic mass is 10.0. The minimum atomic E-state index is -1.03. The first kappa shape index (κ1) is 13.2. The molecule has 1 heterocycles. The second kappa shape index (κ2) is 4.79. The highest BCUT2D eigenvalue weighted by Crippen LogP contribution is 2.29. The maximum atomic E-state index is 13.8. The highest BCUT2D eigenvalue weighted by molar-refractivity contribution is 5.71. The van der Waals surface area contributed by atoms with Crippen LogP contribution >= 0.6 is 0 Å². The summed E-state index contributed by atoms with van der Waals surface area (Å²) in [5.74, 6) is -2.38. The number of hydrogen-bond acceptors (Lipinski definition) is 2. The van der Waals surface area contributed by atoms with Crippen LogP contribution in [0.25, 0.3) is 11.1 Å². The number of nitrogens with zero attached hydrogens (tertiary/aromatic N) is 2. The summed E-state index contributed by atoms with van der Waals surface area (Å²) in [6.45, 7) is 3.01. The van der Waals surface area contributed by atoms with Crippen LogP contribution in [0.5, 0.6) is 0 Å². The summed E-state index contributed by atoms with van der Waals surface area (Å²) in [5.41, 5.74) is 1.75. The van der Waals surface area contributed by atoms with Crippen LogP contribution in [0, 0.1) is 25.5 Å². The third kappa shape index (κ3) is 2.47. The van der Waals surface area contributed by atoms with Crippen molar-refractivity contribution in [3.63, 3.8) is 0 Å². The fourth-order valence-corrected chi connectivity index (χ4v) is 2.06. The van der Waals surface area contributed by atoms with Crippen LogP contribution in [0.2, 0.25) is 0 Å². The summed E-state index contributed by atoms with van der Waals surface area (Å²) in [6.07, 6.45) is 0. The van der Waals surface area contributed by atoms with E-state index in [0.717, 1.165) is 12.1 Å². The lowest BCUT2D eigenvalue weighted by Crippen LogP contribution is -2.11. The highest BCUT2D eigenvalue weighted by Gasteiger charge is 2.18. The van der Waals surface area contributed by atoms with Crippen LogP contribution < -0.4 is 0 Å². The number of benzene rings is 1. The van der Waals surface area contributed by atoms with Gasteiger partial charge in [-0.25, -0.2) is 8.78 Å². The smallest absolute Gasteiger partial charge is 0.325 e. The van der Waals surface area contributed by atoms with Gasteiger partial charge in [0.25, 0.3) is 0 Å². The van der Waals surface area contributed by atoms with E-state index in [1.54, 1.807) is 13.8 Å². The van der Waals surface area contributed by atoms with Crippen molar-refractivity contribution in [3.05, 3.63) is 41.2 Å². The lowest BCUT2D eigenvalue weighted by Gasteiger charge is -2.05. The zero-order valence-electron chi connectivity index (χ0n) is 10.4. The van der Waals surface area contributed by atoms with Gasteiger partial charge < -0.3 is 5.11 Å². The summed E-state index contributed by atoms with van der Waals surface area (Å²) >= 11 is 0. The van der Waals surface area contributed by atoms with E-state index in [9.17, 15) is 13.6 Å². The number of carbonyl (C=O) groups is 1. The van der Waals surface area contributed by atoms with Crippen molar-refractivity contribution in [1.29, 1.82) is 0 Å². The standard InChI is InChI=1S/C13H12F2N2O2/c1-7-13(8(2)17(16-7)6-12(18)19)10-4-3-9(14)5-11(10)15/h3-5H,6H2,1-2H3,(H,18,19). The van der Waals surface area contributed by atoms with E-state index in [1.165, 1.54) is 10.7 Å². The van der Waals surface area contributed by atoms with E-state index >= 15 is 0 Å². The second-order valence-corrected chi connectivity index (χ2v) is 4.22. The van der Waals surface area contributed by atoms with Crippen molar-refractivity contribution in [2.24, 2.45) is 0 Å². The molecule has 0 bridgehead atoms. The van der Waals surface area contributed by atoms with Gasteiger partial charge in [-0.05, 0) is 26.0 Å². The Morgan fingerprint density at radius 1 is 1.37 bits per heavy atom. The molecule has 1 aromatic carbocycles. The van der Waals surface area contributed by atoms with E-state index < -0.39 is 17.6 Å². The molecule has 0 saturated heterocycles. The molecule has 0 fully saturated rings. The molecule has 0 amide bonds. The molecule has 0 spiro atoms. The Morgan fingerprint density at radius 2 is 2.05 bits per heavy atom. The topological polar surface area (TPSA) is 55.1 Å². The zero-order chi connectivity index (χ0) is 14.2. The Balaban J connectivity index is 2.56. The number of carboxylic acid groups (broad SMARTS) is 1. The number of aliphatic carboxylic acids is 1. The molecule has 1 aromatic heterocycles. The van der Waals surface area contributed by atoms with Crippen LogP contribution in [0.1, 0.15) is 11.4 Å². The van der Waals surface area contributed by atoms with Gasteiger partial charge in [0.15, 0.2) is 0 Å². The number of hydrogen-bond donors (Lipinski definition) is 1. The van der Waals surface area contributed by atoms with Crippen molar-refractivity contribution >= 4 is 5.97 Å². The zero-order valence-corrected chi connectivity index (χ0v) is 10.4. The summed E-state index contributed by atoms with van der Waals surface area (Å²) in [4.78, 5) is 10.7. The summed E-state index contributed by atoms with van der Waals surface area (Å²) in [6, 6.07) is 3.28. The molecular weight excluding hydrogens is 254 g/mol. The Labute approximate surface area is 108 Å². The molecule has 0 aliphatic rings. The fraction of sp³-hybridized carbons (Fsp3) is 0.231. The van der Waals surface area contributed by atoms with E-state index in [0.29, 0.717) is 17.0 Å². The van der Waals surface area contributed by atoms with Gasteiger partial charge in [0.05, 0.1) is 5.69 Å². The SMILES string of the molecule is Cc1nn(CC(=O)O)c(C)c1-c1ccc(F)cc1F. The molecule has 1 N–H and O–H groups in total. The Kier molecular flexibility index (Phi) is 3.33. The first-order valence-corrected chi connectivity index (χ1v) is 5.61. The average Bonchev–Trinajstić information content (AvgIpc) is 2.55. The number of carboxylic acids is 1. The summed E-state index contributed by atoms with van der Waals surface area (Å²) in [7, 11) is 0. The first-order valence-electron chi connectivity index (χ1n) is 5.61. The summed E-state index contributed by atoms with van der Waals surface area (Å²) < 4.78 is 28.0. The molecule has 0 saturated carbocycles. The van der Waals surface area contributed by atoms with E-state index in [-0.39, 0.29) is 12.1 Å². The number of aromatic nitrogens is 2. The van der Waals surface area contributed by atoms with E-state index in [2.05, 4.69) is 5.10 Å². The van der Waals surface area contributed by atoms with Crippen LogP contribution in [-0.4, -0.2) is 20.9 Å². The fourth-order valence-electron chi connectivity index (χ4n) is 2.06. The van der Waals surface area contributed by atoms with Gasteiger partial charge in [-0.2, -0.15) is 5.10 Å². The van der Waals surface area contributed by atoms with Gasteiger partial charge in [0.1, 0.15) is 18.2 Å². The number of rotatable bonds is 3. The third-order valence-electron chi connectivity index (χ3n) is 2.87. The molecule has 19 heavy (non-hydrogen) atoms. The molecule has 100 valence electrons. The minimum Gasteiger partial charge on any atom is -0.480 e. The molecule has 0 radical (unpaired) electrons. The van der Waals surface area contributed by atoms with Crippen molar-refractivity contribution in [2.45, 2.75) is 20.4 Å². The molecule has 0 aliphatic carbocycles. The quantitative estimate of drug-likeness (QED) is 0.928. The molecule has 0 atom stereocenters. The van der Waals surface area contributed by atoms with Gasteiger partial charge >= 0.3 is 5.97 Å². The molecule has 2 aromatic rings. The third-order valence-corrected chi connectivity index (χ3v) is 2.87. The van der Waals surface area contributed by atoms with E-state index in [4.69, 9.17) is 5.11 Å². The lowest BCUT2D eigenvalue weighted by molar-refractivity contribution is -0.137. The highest BCUT2D eigenvalue weighted by atomic mass is 19.1. The first-order chi connectivity index (χ1) is 8.90. The average molecular weight is 266 g/mol. The van der Waals surface area contributed by atoms with Gasteiger partial charge in [0, 0.05) is 22.9 Å². The largest absolute Gasteiger partial charge is 0.480 e. The van der Waals surface area contributed by atoms with Crippen LogP contribution in [0.15, 0.2) is 18.2 Å². The minimum absolute atomic E-state index is 0.216. The van der Waals surface area contributed by atoms with Gasteiger partial charge in [-0.3, -0.25) is 9.48 Å². The van der Waals surface area contributed by atoms with Crippen molar-refractivity contribution in [2.75, 3.05) is 0 Å². The summed E-state index contributed by atoms with van der Waals surface area (Å²) in [5, 5.41) is 12.8. The molecule has 0 aliphatic heterocycles. The Morgan fingerprint density at radius 3 is 2.63 bits per heavy atom. The number of aryl methyl sites for hydroxylation is 1. The predicted octanol–water partition coefficient (Wildman–Crippen LogP) is 2.53. The van der Waals surface area contributed by atoms with Crippen molar-refractivity contribution in [3.8, 4) is 11.1 Å². The van der Waals surface area contributed by atoms with Crippen molar-refractivity contribution in [1.82, 2.24) is 9.78 Å². The normalized spacial score (nSPS) is 10.7. The van der Waals surface area contributed by atoms with Crippen LogP contribution in [0.3, 0.4) is 0 Å². The van der Waals surface area contributed by atoms with Crippen LogP contribution in [0.4, 0.5) is 8.78 Å². The Bertz CT molecular complexity index is 650. The van der Waals surface area contributed by atoms with Gasteiger partial charge in [-0.15, -0.1) is 0 Å². The maximum absolute atomic E-state index is 13.8. The predicted molar refractivity (Wildman–Crippen MR) is 64.7 cm³/mol.